The summed E-state index contributed by atoms with van der Waals surface area (Å²) >= 11 is 12.2. The van der Waals surface area contributed by atoms with E-state index >= 15 is 0 Å². The van der Waals surface area contributed by atoms with E-state index in [1.807, 2.05) is 6.07 Å². The van der Waals surface area contributed by atoms with E-state index in [-0.39, 0.29) is 12.2 Å². The third-order valence-corrected chi connectivity index (χ3v) is 4.74. The van der Waals surface area contributed by atoms with Gasteiger partial charge >= 0.3 is 0 Å². The number of pyridine rings is 1. The number of aryl methyl sites for hydroxylation is 1. The Balaban J connectivity index is 2.10. The zero-order chi connectivity index (χ0) is 20.3. The average molecular weight is 415 g/mol. The minimum Gasteiger partial charge on any atom is -0.493 e. The van der Waals surface area contributed by atoms with Gasteiger partial charge in [0.1, 0.15) is 18.2 Å². The molecule has 5 nitrogen and oxygen atoms in total. The zero-order valence-electron chi connectivity index (χ0n) is 15.2. The number of hydrogen-bond donors (Lipinski definition) is 1. The number of ether oxygens (including phenoxy) is 2. The molecule has 3 aromatic rings. The first-order chi connectivity index (χ1) is 13.4. The summed E-state index contributed by atoms with van der Waals surface area (Å²) < 4.78 is 11.5. The second-order valence-electron chi connectivity index (χ2n) is 6.04. The second-order valence-corrected chi connectivity index (χ2v) is 6.89. The van der Waals surface area contributed by atoms with E-state index in [0.29, 0.717) is 38.4 Å². The van der Waals surface area contributed by atoms with Gasteiger partial charge in [-0.25, -0.2) is 0 Å². The number of nitrogens with zero attached hydrogens (tertiary/aromatic N) is 1. The summed E-state index contributed by atoms with van der Waals surface area (Å²) in [5.41, 5.74) is 1.98. The highest BCUT2D eigenvalue weighted by Crippen LogP contribution is 2.39. The molecule has 0 fully saturated rings. The van der Waals surface area contributed by atoms with Crippen LogP contribution in [0.5, 0.6) is 11.5 Å². The number of nitrogens with one attached hydrogen (secondary N) is 1. The SMILES string of the molecule is COc1cccc(-c2cc(C)[nH]c(=O)c2C#N)c1OCc1ccc(Cl)cc1Cl. The summed E-state index contributed by atoms with van der Waals surface area (Å²) in [4.78, 5) is 14.8. The van der Waals surface area contributed by atoms with E-state index in [1.165, 1.54) is 7.11 Å². The summed E-state index contributed by atoms with van der Waals surface area (Å²) in [5, 5.41) is 10.5. The van der Waals surface area contributed by atoms with Gasteiger partial charge in [0.2, 0.25) is 0 Å². The molecule has 2 aromatic carbocycles. The first-order valence-corrected chi connectivity index (χ1v) is 9.08. The van der Waals surface area contributed by atoms with Crippen LogP contribution < -0.4 is 15.0 Å². The van der Waals surface area contributed by atoms with Gasteiger partial charge in [-0.1, -0.05) is 41.4 Å². The molecule has 0 amide bonds. The van der Waals surface area contributed by atoms with Crippen LogP contribution in [0.2, 0.25) is 10.0 Å². The minimum absolute atomic E-state index is 0.00762. The van der Waals surface area contributed by atoms with E-state index in [0.717, 1.165) is 5.56 Å². The van der Waals surface area contributed by atoms with Crippen molar-refractivity contribution in [2.24, 2.45) is 0 Å². The molecule has 7 heteroatoms. The van der Waals surface area contributed by atoms with E-state index in [4.69, 9.17) is 32.7 Å². The number of para-hydroxylation sites is 1. The number of H-pyrrole nitrogens is 1. The smallest absolute Gasteiger partial charge is 0.266 e. The maximum Gasteiger partial charge on any atom is 0.266 e. The number of hydrogen-bond acceptors (Lipinski definition) is 4. The van der Waals surface area contributed by atoms with Gasteiger partial charge in [-0.15, -0.1) is 0 Å². The fraction of sp³-hybridized carbons (Fsp3) is 0.143. The molecule has 28 heavy (non-hydrogen) atoms. The van der Waals surface area contributed by atoms with Crippen molar-refractivity contribution in [2.75, 3.05) is 7.11 Å². The van der Waals surface area contributed by atoms with E-state index in [1.54, 1.807) is 49.4 Å². The van der Waals surface area contributed by atoms with Crippen LogP contribution in [0.15, 0.2) is 47.3 Å². The predicted molar refractivity (Wildman–Crippen MR) is 109 cm³/mol. The van der Waals surface area contributed by atoms with Gasteiger partial charge in [-0.2, -0.15) is 5.26 Å². The number of methoxy groups -OCH3 is 1. The van der Waals surface area contributed by atoms with Crippen molar-refractivity contribution in [1.29, 1.82) is 5.26 Å². The molecule has 0 spiro atoms. The third-order valence-electron chi connectivity index (χ3n) is 4.16. The normalized spacial score (nSPS) is 10.4. The standard InChI is InChI=1S/C21H16Cl2N2O3/c1-12-8-16(17(10-24)21(26)25-12)15-4-3-5-19(27-2)20(15)28-11-13-6-7-14(22)9-18(13)23/h3-9H,11H2,1-2H3,(H,25,26). The molecule has 0 aliphatic rings. The molecular weight excluding hydrogens is 399 g/mol. The summed E-state index contributed by atoms with van der Waals surface area (Å²) in [6, 6.07) is 14.1. The Bertz CT molecular complexity index is 1130. The zero-order valence-corrected chi connectivity index (χ0v) is 16.7. The lowest BCUT2D eigenvalue weighted by Crippen LogP contribution is -2.13. The highest BCUT2D eigenvalue weighted by atomic mass is 35.5. The largest absolute Gasteiger partial charge is 0.493 e. The summed E-state index contributed by atoms with van der Waals surface area (Å²) in [6.07, 6.45) is 0. The quantitative estimate of drug-likeness (QED) is 0.628. The molecule has 1 heterocycles. The van der Waals surface area contributed by atoms with E-state index < -0.39 is 5.56 Å². The molecule has 0 atom stereocenters. The minimum atomic E-state index is -0.452. The van der Waals surface area contributed by atoms with Crippen molar-refractivity contribution in [3.8, 4) is 28.7 Å². The Hall–Kier alpha value is -2.94. The summed E-state index contributed by atoms with van der Waals surface area (Å²) in [6.45, 7) is 1.91. The second kappa shape index (κ2) is 8.39. The number of aromatic nitrogens is 1. The van der Waals surface area contributed by atoms with Crippen molar-refractivity contribution < 1.29 is 9.47 Å². The monoisotopic (exact) mass is 414 g/mol. The number of nitriles is 1. The summed E-state index contributed by atoms with van der Waals surface area (Å²) in [5.74, 6) is 0.891. The highest BCUT2D eigenvalue weighted by molar-refractivity contribution is 6.35. The molecule has 1 aromatic heterocycles. The molecule has 0 saturated heterocycles. The Labute approximate surface area is 172 Å². The van der Waals surface area contributed by atoms with Gasteiger partial charge in [-0.3, -0.25) is 4.79 Å². The molecule has 0 aliphatic carbocycles. The summed E-state index contributed by atoms with van der Waals surface area (Å²) in [7, 11) is 1.52. The Morgan fingerprint density at radius 2 is 1.93 bits per heavy atom. The van der Waals surface area contributed by atoms with Gasteiger partial charge in [0.15, 0.2) is 11.5 Å². The van der Waals surface area contributed by atoms with E-state index in [2.05, 4.69) is 4.98 Å². The van der Waals surface area contributed by atoms with Crippen LogP contribution in [0, 0.1) is 18.3 Å². The third kappa shape index (κ3) is 3.99. The van der Waals surface area contributed by atoms with Gasteiger partial charge < -0.3 is 14.5 Å². The van der Waals surface area contributed by atoms with Crippen LogP contribution >= 0.6 is 23.2 Å². The first-order valence-electron chi connectivity index (χ1n) is 8.32. The van der Waals surface area contributed by atoms with E-state index in [9.17, 15) is 10.1 Å². The first kappa shape index (κ1) is 19.8. The fourth-order valence-corrected chi connectivity index (χ4v) is 3.30. The number of aromatic amines is 1. The molecular formula is C21H16Cl2N2O3. The lowest BCUT2D eigenvalue weighted by Gasteiger charge is -2.16. The average Bonchev–Trinajstić information content (AvgIpc) is 2.66. The van der Waals surface area contributed by atoms with Gasteiger partial charge in [-0.05, 0) is 31.2 Å². The van der Waals surface area contributed by atoms with Crippen LogP contribution in [0.3, 0.4) is 0 Å². The lowest BCUT2D eigenvalue weighted by molar-refractivity contribution is 0.286. The number of halogens is 2. The van der Waals surface area contributed by atoms with Crippen molar-refractivity contribution >= 4 is 23.2 Å². The highest BCUT2D eigenvalue weighted by Gasteiger charge is 2.18. The maximum absolute atomic E-state index is 12.2. The molecule has 142 valence electrons. The number of rotatable bonds is 5. The molecule has 1 N–H and O–H groups in total. The number of benzene rings is 2. The molecule has 3 rings (SSSR count). The maximum atomic E-state index is 12.2. The van der Waals surface area contributed by atoms with Crippen molar-refractivity contribution in [3.63, 3.8) is 0 Å². The van der Waals surface area contributed by atoms with Crippen LogP contribution in [-0.2, 0) is 6.61 Å². The Morgan fingerprint density at radius 1 is 1.14 bits per heavy atom. The Morgan fingerprint density at radius 3 is 2.61 bits per heavy atom. The molecule has 0 unspecified atom stereocenters. The van der Waals surface area contributed by atoms with Gasteiger partial charge in [0, 0.05) is 32.4 Å². The fourth-order valence-electron chi connectivity index (χ4n) is 2.84. The molecule has 0 bridgehead atoms. The van der Waals surface area contributed by atoms with Crippen molar-refractivity contribution in [2.45, 2.75) is 13.5 Å². The van der Waals surface area contributed by atoms with Crippen LogP contribution in [0.1, 0.15) is 16.8 Å². The van der Waals surface area contributed by atoms with Crippen LogP contribution in [0.25, 0.3) is 11.1 Å². The molecule has 0 aliphatic heterocycles. The van der Waals surface area contributed by atoms with Crippen molar-refractivity contribution in [3.05, 3.63) is 79.7 Å². The van der Waals surface area contributed by atoms with Crippen LogP contribution in [0.4, 0.5) is 0 Å². The Kier molecular flexibility index (Phi) is 5.93. The molecule has 0 radical (unpaired) electrons. The van der Waals surface area contributed by atoms with Gasteiger partial charge in [0.25, 0.3) is 5.56 Å². The predicted octanol–water partition coefficient (Wildman–Crippen LogP) is 5.12. The topological polar surface area (TPSA) is 75.1 Å². The molecule has 0 saturated carbocycles. The lowest BCUT2D eigenvalue weighted by atomic mass is 9.99. The van der Waals surface area contributed by atoms with Crippen LogP contribution in [-0.4, -0.2) is 12.1 Å². The van der Waals surface area contributed by atoms with Crippen molar-refractivity contribution in [1.82, 2.24) is 4.98 Å². The van der Waals surface area contributed by atoms with Gasteiger partial charge in [0.05, 0.1) is 7.11 Å².